The standard InChI is InChI=1S/C14H19N3O/c1-10(2)18-13-6-4-12(5-7-13)15-8-14-11(3)16-9-17-14/h4-7,9-10,15H,8H2,1-3H3,(H,16,17). The zero-order valence-electron chi connectivity index (χ0n) is 11.0. The Labute approximate surface area is 107 Å². The molecule has 2 aromatic rings. The van der Waals surface area contributed by atoms with Crippen LogP contribution in [0.3, 0.4) is 0 Å². The van der Waals surface area contributed by atoms with Gasteiger partial charge in [0, 0.05) is 11.4 Å². The number of imidazole rings is 1. The molecule has 4 nitrogen and oxygen atoms in total. The molecule has 0 unspecified atom stereocenters. The number of aryl methyl sites for hydroxylation is 1. The zero-order chi connectivity index (χ0) is 13.0. The molecule has 0 fully saturated rings. The fraction of sp³-hybridized carbons (Fsp3) is 0.357. The predicted molar refractivity (Wildman–Crippen MR) is 72.9 cm³/mol. The number of hydrogen-bond acceptors (Lipinski definition) is 3. The maximum Gasteiger partial charge on any atom is 0.119 e. The summed E-state index contributed by atoms with van der Waals surface area (Å²) in [5.74, 6) is 0.895. The van der Waals surface area contributed by atoms with Crippen molar-refractivity contribution in [2.45, 2.75) is 33.4 Å². The maximum atomic E-state index is 5.59. The van der Waals surface area contributed by atoms with Crippen molar-refractivity contribution >= 4 is 5.69 Å². The SMILES string of the molecule is Cc1[nH]cnc1CNc1ccc(OC(C)C)cc1. The lowest BCUT2D eigenvalue weighted by molar-refractivity contribution is 0.242. The summed E-state index contributed by atoms with van der Waals surface area (Å²) in [6.07, 6.45) is 1.92. The van der Waals surface area contributed by atoms with E-state index in [4.69, 9.17) is 4.74 Å². The van der Waals surface area contributed by atoms with E-state index in [9.17, 15) is 0 Å². The summed E-state index contributed by atoms with van der Waals surface area (Å²) in [5, 5.41) is 3.33. The van der Waals surface area contributed by atoms with Crippen molar-refractivity contribution in [1.29, 1.82) is 0 Å². The van der Waals surface area contributed by atoms with Crippen LogP contribution in [0.4, 0.5) is 5.69 Å². The van der Waals surface area contributed by atoms with Gasteiger partial charge in [-0.1, -0.05) is 0 Å². The Morgan fingerprint density at radius 2 is 2.00 bits per heavy atom. The molecule has 2 rings (SSSR count). The number of hydrogen-bond donors (Lipinski definition) is 2. The second-order valence-corrected chi connectivity index (χ2v) is 4.52. The lowest BCUT2D eigenvalue weighted by atomic mass is 10.3. The number of anilines is 1. The van der Waals surface area contributed by atoms with Gasteiger partial charge >= 0.3 is 0 Å². The third-order valence-corrected chi connectivity index (χ3v) is 2.62. The van der Waals surface area contributed by atoms with Crippen LogP contribution in [0.25, 0.3) is 0 Å². The van der Waals surface area contributed by atoms with Gasteiger partial charge in [0.1, 0.15) is 5.75 Å². The first kappa shape index (κ1) is 12.5. The molecule has 1 heterocycles. The van der Waals surface area contributed by atoms with E-state index in [0.29, 0.717) is 0 Å². The lowest BCUT2D eigenvalue weighted by Crippen LogP contribution is -2.05. The maximum absolute atomic E-state index is 5.59. The zero-order valence-corrected chi connectivity index (χ0v) is 11.0. The summed E-state index contributed by atoms with van der Waals surface area (Å²) in [4.78, 5) is 7.31. The quantitative estimate of drug-likeness (QED) is 0.851. The Hall–Kier alpha value is -1.97. The largest absolute Gasteiger partial charge is 0.491 e. The molecule has 4 heteroatoms. The molecule has 1 aromatic heterocycles. The summed E-state index contributed by atoms with van der Waals surface area (Å²) in [5.41, 5.74) is 3.20. The van der Waals surface area contributed by atoms with Gasteiger partial charge in [-0.3, -0.25) is 0 Å². The van der Waals surface area contributed by atoms with E-state index in [2.05, 4.69) is 15.3 Å². The molecule has 0 spiro atoms. The molecule has 0 radical (unpaired) electrons. The first-order chi connectivity index (χ1) is 8.65. The predicted octanol–water partition coefficient (Wildman–Crippen LogP) is 3.12. The molecule has 1 aromatic carbocycles. The third kappa shape index (κ3) is 3.26. The van der Waals surface area contributed by atoms with Crippen LogP contribution >= 0.6 is 0 Å². The summed E-state index contributed by atoms with van der Waals surface area (Å²) in [7, 11) is 0. The van der Waals surface area contributed by atoms with Gasteiger partial charge < -0.3 is 15.0 Å². The molecule has 18 heavy (non-hydrogen) atoms. The number of ether oxygens (including phenoxy) is 1. The number of H-pyrrole nitrogens is 1. The van der Waals surface area contributed by atoms with E-state index >= 15 is 0 Å². The lowest BCUT2D eigenvalue weighted by Gasteiger charge is -2.10. The minimum absolute atomic E-state index is 0.204. The highest BCUT2D eigenvalue weighted by molar-refractivity contribution is 5.46. The minimum Gasteiger partial charge on any atom is -0.491 e. The molecule has 0 aliphatic carbocycles. The van der Waals surface area contributed by atoms with Crippen LogP contribution in [0.2, 0.25) is 0 Å². The van der Waals surface area contributed by atoms with Gasteiger partial charge in [-0.15, -0.1) is 0 Å². The van der Waals surface area contributed by atoms with Crippen LogP contribution in [0.15, 0.2) is 30.6 Å². The van der Waals surface area contributed by atoms with Crippen molar-refractivity contribution in [3.05, 3.63) is 42.0 Å². The van der Waals surface area contributed by atoms with Gasteiger partial charge in [0.25, 0.3) is 0 Å². The minimum atomic E-state index is 0.204. The molecule has 2 N–H and O–H groups in total. The highest BCUT2D eigenvalue weighted by Crippen LogP contribution is 2.17. The van der Waals surface area contributed by atoms with Gasteiger partial charge in [0.2, 0.25) is 0 Å². The van der Waals surface area contributed by atoms with Crippen LogP contribution in [0, 0.1) is 6.92 Å². The third-order valence-electron chi connectivity index (χ3n) is 2.62. The van der Waals surface area contributed by atoms with E-state index in [1.807, 2.05) is 45.0 Å². The van der Waals surface area contributed by atoms with Gasteiger partial charge in [-0.05, 0) is 45.0 Å². The summed E-state index contributed by atoms with van der Waals surface area (Å²) >= 11 is 0. The molecular formula is C14H19N3O. The molecule has 0 bridgehead atoms. The average Bonchev–Trinajstić information content (AvgIpc) is 2.73. The number of aromatic nitrogens is 2. The van der Waals surface area contributed by atoms with Crippen LogP contribution in [0.5, 0.6) is 5.75 Å². The monoisotopic (exact) mass is 245 g/mol. The highest BCUT2D eigenvalue weighted by atomic mass is 16.5. The van der Waals surface area contributed by atoms with Crippen molar-refractivity contribution in [3.63, 3.8) is 0 Å². The average molecular weight is 245 g/mol. The second-order valence-electron chi connectivity index (χ2n) is 4.52. The number of rotatable bonds is 5. The van der Waals surface area contributed by atoms with Crippen molar-refractivity contribution in [2.75, 3.05) is 5.32 Å². The summed E-state index contributed by atoms with van der Waals surface area (Å²) < 4.78 is 5.59. The number of benzene rings is 1. The first-order valence-electron chi connectivity index (χ1n) is 6.14. The number of nitrogens with zero attached hydrogens (tertiary/aromatic N) is 1. The Bertz CT molecular complexity index is 488. The Morgan fingerprint density at radius 1 is 1.28 bits per heavy atom. The van der Waals surface area contributed by atoms with Crippen LogP contribution in [-0.2, 0) is 6.54 Å². The van der Waals surface area contributed by atoms with E-state index in [1.165, 1.54) is 0 Å². The molecule has 0 aliphatic heterocycles. The smallest absolute Gasteiger partial charge is 0.119 e. The fourth-order valence-electron chi connectivity index (χ4n) is 1.67. The van der Waals surface area contributed by atoms with Crippen molar-refractivity contribution in [2.24, 2.45) is 0 Å². The van der Waals surface area contributed by atoms with Crippen LogP contribution in [0.1, 0.15) is 25.2 Å². The molecular weight excluding hydrogens is 226 g/mol. The van der Waals surface area contributed by atoms with Gasteiger partial charge in [-0.25, -0.2) is 4.98 Å². The van der Waals surface area contributed by atoms with Gasteiger partial charge in [0.15, 0.2) is 0 Å². The van der Waals surface area contributed by atoms with Crippen molar-refractivity contribution in [1.82, 2.24) is 9.97 Å². The van der Waals surface area contributed by atoms with Gasteiger partial charge in [0.05, 0.1) is 24.7 Å². The van der Waals surface area contributed by atoms with E-state index in [0.717, 1.165) is 29.4 Å². The van der Waals surface area contributed by atoms with Gasteiger partial charge in [-0.2, -0.15) is 0 Å². The van der Waals surface area contributed by atoms with Crippen LogP contribution in [-0.4, -0.2) is 16.1 Å². The molecule has 0 atom stereocenters. The number of aromatic amines is 1. The van der Waals surface area contributed by atoms with Crippen molar-refractivity contribution < 1.29 is 4.74 Å². The Kier molecular flexibility index (Phi) is 3.87. The first-order valence-corrected chi connectivity index (χ1v) is 6.14. The van der Waals surface area contributed by atoms with Crippen LogP contribution < -0.4 is 10.1 Å². The van der Waals surface area contributed by atoms with E-state index < -0.39 is 0 Å². The Balaban J connectivity index is 1.92. The second kappa shape index (κ2) is 5.58. The molecule has 0 saturated heterocycles. The van der Waals surface area contributed by atoms with E-state index in [-0.39, 0.29) is 6.10 Å². The Morgan fingerprint density at radius 3 is 2.56 bits per heavy atom. The topological polar surface area (TPSA) is 49.9 Å². The molecule has 0 amide bonds. The number of nitrogens with one attached hydrogen (secondary N) is 2. The fourth-order valence-corrected chi connectivity index (χ4v) is 1.67. The van der Waals surface area contributed by atoms with Crippen molar-refractivity contribution in [3.8, 4) is 5.75 Å². The summed E-state index contributed by atoms with van der Waals surface area (Å²) in [6, 6.07) is 7.97. The normalized spacial score (nSPS) is 10.7. The molecule has 0 saturated carbocycles. The molecule has 96 valence electrons. The molecule has 0 aliphatic rings. The summed E-state index contributed by atoms with van der Waals surface area (Å²) in [6.45, 7) is 6.78. The highest BCUT2D eigenvalue weighted by Gasteiger charge is 2.01. The van der Waals surface area contributed by atoms with E-state index in [1.54, 1.807) is 6.33 Å².